The van der Waals surface area contributed by atoms with Crippen LogP contribution in [0.15, 0.2) is 108 Å². The second-order valence-electron chi connectivity index (χ2n) is 10.2. The van der Waals surface area contributed by atoms with Crippen molar-refractivity contribution in [3.8, 4) is 0 Å². The Kier molecular flexibility index (Phi) is 11.3. The van der Waals surface area contributed by atoms with Crippen LogP contribution in [0.3, 0.4) is 0 Å². The molecule has 1 atom stereocenters. The number of nitrogens with zero attached hydrogens (tertiary/aromatic N) is 1. The number of nitrogens with one attached hydrogen (secondary N) is 3. The van der Waals surface area contributed by atoms with Gasteiger partial charge in [-0.1, -0.05) is 56.3 Å². The molecule has 0 aliphatic rings. The van der Waals surface area contributed by atoms with E-state index in [0.717, 1.165) is 28.1 Å². The average Bonchev–Trinajstić information content (AvgIpc) is 3.04. The van der Waals surface area contributed by atoms with Gasteiger partial charge in [-0.05, 0) is 85.0 Å². The predicted molar refractivity (Wildman–Crippen MR) is 179 cm³/mol. The van der Waals surface area contributed by atoms with Gasteiger partial charge in [0.2, 0.25) is 5.91 Å². The number of aryl methyl sites for hydroxylation is 2. The lowest BCUT2D eigenvalue weighted by Crippen LogP contribution is -2.30. The van der Waals surface area contributed by atoms with Crippen molar-refractivity contribution in [3.63, 3.8) is 0 Å². The maximum absolute atomic E-state index is 13.5. The Morgan fingerprint density at radius 2 is 1.60 bits per heavy atom. The number of anilines is 2. The highest BCUT2D eigenvalue weighted by Gasteiger charge is 2.21. The summed E-state index contributed by atoms with van der Waals surface area (Å²) in [5.74, 6) is -1.17. The molecule has 0 saturated carbocycles. The molecule has 9 nitrogen and oxygen atoms in total. The van der Waals surface area contributed by atoms with E-state index in [1.54, 1.807) is 48.5 Å². The highest BCUT2D eigenvalue weighted by molar-refractivity contribution is 8.00. The van der Waals surface area contributed by atoms with Gasteiger partial charge in [-0.25, -0.2) is 0 Å². The van der Waals surface area contributed by atoms with Crippen LogP contribution >= 0.6 is 11.8 Å². The third-order valence-electron chi connectivity index (χ3n) is 6.97. The number of nitro benzene ring substituents is 1. The number of benzene rings is 4. The lowest BCUT2D eigenvalue weighted by atomic mass is 10.1. The van der Waals surface area contributed by atoms with E-state index in [4.69, 9.17) is 0 Å². The molecule has 45 heavy (non-hydrogen) atoms. The number of para-hydroxylation sites is 1. The molecule has 4 aromatic rings. The van der Waals surface area contributed by atoms with Crippen molar-refractivity contribution in [2.75, 3.05) is 10.6 Å². The van der Waals surface area contributed by atoms with Crippen LogP contribution in [-0.2, 0) is 16.0 Å². The number of thioether (sulfide) groups is 1. The van der Waals surface area contributed by atoms with Crippen LogP contribution in [0.4, 0.5) is 17.1 Å². The van der Waals surface area contributed by atoms with E-state index in [2.05, 4.69) is 22.9 Å². The Balaban J connectivity index is 1.52. The molecule has 0 aliphatic heterocycles. The number of nitro groups is 1. The molecule has 4 rings (SSSR count). The predicted octanol–water partition coefficient (Wildman–Crippen LogP) is 7.38. The van der Waals surface area contributed by atoms with E-state index >= 15 is 0 Å². The minimum Gasteiger partial charge on any atom is -0.325 e. The fourth-order valence-corrected chi connectivity index (χ4v) is 5.55. The topological polar surface area (TPSA) is 130 Å². The van der Waals surface area contributed by atoms with Crippen LogP contribution in [0, 0.1) is 17.0 Å². The third-order valence-corrected chi connectivity index (χ3v) is 8.32. The third kappa shape index (κ3) is 8.90. The molecule has 0 aromatic heterocycles. The molecule has 0 spiro atoms. The standard InChI is InChI=1S/C35H34N4O5S/c1-4-25-14-9-11-23(3)32(25)38-35(42)31(5-2)45-29-16-10-15-27(22-29)36-34(41)30(37-33(40)26-12-7-6-8-13-26)21-24-17-19-28(20-18-24)39(43)44/h6-22,31H,4-5H2,1-3H3,(H,36,41)(H,37,40)(H,38,42)/b30-21+. The van der Waals surface area contributed by atoms with Crippen LogP contribution in [0.25, 0.3) is 6.08 Å². The number of non-ortho nitro benzene ring substituents is 1. The van der Waals surface area contributed by atoms with E-state index in [-0.39, 0.29) is 22.5 Å². The van der Waals surface area contributed by atoms with Gasteiger partial charge in [0.1, 0.15) is 5.70 Å². The van der Waals surface area contributed by atoms with Gasteiger partial charge >= 0.3 is 0 Å². The van der Waals surface area contributed by atoms with Gasteiger partial charge in [0.05, 0.1) is 10.2 Å². The Morgan fingerprint density at radius 1 is 0.889 bits per heavy atom. The zero-order valence-electron chi connectivity index (χ0n) is 25.2. The molecule has 1 unspecified atom stereocenters. The Bertz CT molecular complexity index is 1720. The molecule has 0 heterocycles. The van der Waals surface area contributed by atoms with Gasteiger partial charge in [-0.2, -0.15) is 0 Å². The van der Waals surface area contributed by atoms with Crippen LogP contribution in [0.1, 0.15) is 47.3 Å². The Labute approximate surface area is 266 Å². The SMILES string of the molecule is CCc1cccc(C)c1NC(=O)C(CC)Sc1cccc(NC(=O)/C(=C\c2ccc([N+](=O)[O-])cc2)NC(=O)c2ccccc2)c1. The van der Waals surface area contributed by atoms with Gasteiger partial charge in [0, 0.05) is 34.0 Å². The quantitative estimate of drug-likeness (QED) is 0.0654. The molecule has 3 amide bonds. The van der Waals surface area contributed by atoms with E-state index in [1.165, 1.54) is 42.1 Å². The first-order chi connectivity index (χ1) is 21.7. The maximum atomic E-state index is 13.5. The summed E-state index contributed by atoms with van der Waals surface area (Å²) in [6.07, 6.45) is 2.84. The Morgan fingerprint density at radius 3 is 2.27 bits per heavy atom. The summed E-state index contributed by atoms with van der Waals surface area (Å²) in [5, 5.41) is 19.3. The van der Waals surface area contributed by atoms with Crippen molar-refractivity contribution in [3.05, 3.63) is 135 Å². The van der Waals surface area contributed by atoms with Crippen molar-refractivity contribution in [1.82, 2.24) is 5.32 Å². The summed E-state index contributed by atoms with van der Waals surface area (Å²) in [5.41, 5.74) is 4.09. The van der Waals surface area contributed by atoms with E-state index in [9.17, 15) is 24.5 Å². The molecular formula is C35H34N4O5S. The zero-order valence-corrected chi connectivity index (χ0v) is 26.0. The number of rotatable bonds is 12. The summed E-state index contributed by atoms with van der Waals surface area (Å²) < 4.78 is 0. The molecule has 10 heteroatoms. The van der Waals surface area contributed by atoms with Gasteiger partial charge in [-0.3, -0.25) is 24.5 Å². The lowest BCUT2D eigenvalue weighted by Gasteiger charge is -2.18. The first-order valence-electron chi connectivity index (χ1n) is 14.5. The van der Waals surface area contributed by atoms with Gasteiger partial charge in [0.15, 0.2) is 0 Å². The van der Waals surface area contributed by atoms with E-state index < -0.39 is 16.7 Å². The molecule has 0 aliphatic carbocycles. The second kappa shape index (κ2) is 15.5. The number of carbonyl (C=O) groups is 3. The maximum Gasteiger partial charge on any atom is 0.272 e. The molecule has 0 saturated heterocycles. The van der Waals surface area contributed by atoms with Gasteiger partial charge < -0.3 is 16.0 Å². The summed E-state index contributed by atoms with van der Waals surface area (Å²) in [4.78, 5) is 51.0. The highest BCUT2D eigenvalue weighted by atomic mass is 32.2. The zero-order chi connectivity index (χ0) is 32.3. The normalized spacial score (nSPS) is 11.8. The summed E-state index contributed by atoms with van der Waals surface area (Å²) in [6, 6.07) is 27.2. The first kappa shape index (κ1) is 32.7. The number of carbonyl (C=O) groups excluding carboxylic acids is 3. The van der Waals surface area contributed by atoms with Gasteiger partial charge in [0.25, 0.3) is 17.5 Å². The molecule has 0 radical (unpaired) electrons. The van der Waals surface area contributed by atoms with Crippen molar-refractivity contribution in [1.29, 1.82) is 0 Å². The summed E-state index contributed by atoms with van der Waals surface area (Å²) >= 11 is 1.40. The van der Waals surface area contributed by atoms with Crippen LogP contribution in [0.2, 0.25) is 0 Å². The molecule has 3 N–H and O–H groups in total. The summed E-state index contributed by atoms with van der Waals surface area (Å²) in [6.45, 7) is 5.98. The number of amides is 3. The van der Waals surface area contributed by atoms with Gasteiger partial charge in [-0.15, -0.1) is 11.8 Å². The smallest absolute Gasteiger partial charge is 0.272 e. The van der Waals surface area contributed by atoms with Crippen LogP contribution in [-0.4, -0.2) is 27.9 Å². The van der Waals surface area contributed by atoms with Crippen LogP contribution < -0.4 is 16.0 Å². The van der Waals surface area contributed by atoms with Crippen molar-refractivity contribution < 1.29 is 19.3 Å². The molecule has 0 fully saturated rings. The minimum atomic E-state index is -0.587. The van der Waals surface area contributed by atoms with Crippen LogP contribution in [0.5, 0.6) is 0 Å². The number of hydrogen-bond donors (Lipinski definition) is 3. The fourth-order valence-electron chi connectivity index (χ4n) is 4.54. The molecular weight excluding hydrogens is 588 g/mol. The molecule has 230 valence electrons. The average molecular weight is 623 g/mol. The van der Waals surface area contributed by atoms with E-state index in [0.29, 0.717) is 23.2 Å². The fraction of sp³-hybridized carbons (Fsp3) is 0.171. The van der Waals surface area contributed by atoms with Crippen molar-refractivity contribution in [2.45, 2.75) is 43.8 Å². The van der Waals surface area contributed by atoms with E-state index in [1.807, 2.05) is 38.1 Å². The van der Waals surface area contributed by atoms with Crippen molar-refractivity contribution in [2.24, 2.45) is 0 Å². The highest BCUT2D eigenvalue weighted by Crippen LogP contribution is 2.30. The largest absolute Gasteiger partial charge is 0.325 e. The molecule has 4 aromatic carbocycles. The minimum absolute atomic E-state index is 0.0495. The monoisotopic (exact) mass is 622 g/mol. The number of hydrogen-bond acceptors (Lipinski definition) is 6. The molecule has 0 bridgehead atoms. The second-order valence-corrected chi connectivity index (χ2v) is 11.5. The van der Waals surface area contributed by atoms with Crippen molar-refractivity contribution >= 4 is 52.6 Å². The Hall–Kier alpha value is -5.22. The first-order valence-corrected chi connectivity index (χ1v) is 15.4. The lowest BCUT2D eigenvalue weighted by molar-refractivity contribution is -0.384. The summed E-state index contributed by atoms with van der Waals surface area (Å²) in [7, 11) is 0.